The van der Waals surface area contributed by atoms with Crippen LogP contribution in [0.5, 0.6) is 0 Å². The van der Waals surface area contributed by atoms with E-state index in [9.17, 15) is 4.79 Å². The molecule has 1 rings (SSSR count). The molecular weight excluding hydrogens is 255 g/mol. The summed E-state index contributed by atoms with van der Waals surface area (Å²) in [4.78, 5) is 11.8. The molecule has 1 aromatic rings. The summed E-state index contributed by atoms with van der Waals surface area (Å²) < 4.78 is 0. The molecule has 0 unspecified atom stereocenters. The molecule has 0 amide bonds. The van der Waals surface area contributed by atoms with Crippen molar-refractivity contribution in [2.75, 3.05) is 0 Å². The second-order valence-corrected chi connectivity index (χ2v) is 5.03. The minimum absolute atomic E-state index is 0.153. The van der Waals surface area contributed by atoms with Crippen molar-refractivity contribution >= 4 is 29.0 Å². The summed E-state index contributed by atoms with van der Waals surface area (Å²) in [7, 11) is 0. The van der Waals surface area contributed by atoms with Gasteiger partial charge in [-0.2, -0.15) is 0 Å². The van der Waals surface area contributed by atoms with Gasteiger partial charge in [0.25, 0.3) is 0 Å². The van der Waals surface area contributed by atoms with Gasteiger partial charge in [-0.05, 0) is 24.6 Å². The van der Waals surface area contributed by atoms with Gasteiger partial charge in [0.15, 0.2) is 5.78 Å². The predicted octanol–water partition coefficient (Wildman–Crippen LogP) is 5.54. The normalized spacial score (nSPS) is 10.5. The fourth-order valence-corrected chi connectivity index (χ4v) is 2.00. The lowest BCUT2D eigenvalue weighted by molar-refractivity contribution is 0.0979. The molecule has 17 heavy (non-hydrogen) atoms. The van der Waals surface area contributed by atoms with Gasteiger partial charge in [0, 0.05) is 12.0 Å². The molecule has 0 N–H and O–H groups in total. The number of benzene rings is 1. The Bertz CT molecular complexity index is 374. The fourth-order valence-electron chi connectivity index (χ4n) is 1.70. The Kier molecular flexibility index (Phi) is 6.61. The summed E-state index contributed by atoms with van der Waals surface area (Å²) in [5, 5.41) is 0.940. The first kappa shape index (κ1) is 14.5. The molecule has 0 heterocycles. The van der Waals surface area contributed by atoms with Crippen LogP contribution in [-0.4, -0.2) is 5.78 Å². The zero-order valence-corrected chi connectivity index (χ0v) is 11.7. The van der Waals surface area contributed by atoms with Crippen molar-refractivity contribution in [1.82, 2.24) is 0 Å². The molecule has 0 bridgehead atoms. The van der Waals surface area contributed by atoms with Crippen molar-refractivity contribution in [3.63, 3.8) is 0 Å². The molecule has 0 spiro atoms. The van der Waals surface area contributed by atoms with Gasteiger partial charge in [-0.15, -0.1) is 0 Å². The lowest BCUT2D eigenvalue weighted by atomic mass is 10.0. The molecule has 0 saturated carbocycles. The van der Waals surface area contributed by atoms with Gasteiger partial charge in [-0.25, -0.2) is 0 Å². The maximum Gasteiger partial charge on any atom is 0.162 e. The van der Waals surface area contributed by atoms with Crippen LogP contribution in [0.25, 0.3) is 0 Å². The number of hydrogen-bond acceptors (Lipinski definition) is 1. The first-order chi connectivity index (χ1) is 8.15. The van der Waals surface area contributed by atoms with Gasteiger partial charge in [0.1, 0.15) is 0 Å². The molecule has 0 aliphatic heterocycles. The highest BCUT2D eigenvalue weighted by atomic mass is 35.5. The SMILES string of the molecule is CCCCCCCC(=O)c1ccc(Cl)c(Cl)c1. The number of halogens is 2. The van der Waals surface area contributed by atoms with Crippen LogP contribution in [0.2, 0.25) is 10.0 Å². The highest BCUT2D eigenvalue weighted by Crippen LogP contribution is 2.23. The molecule has 0 atom stereocenters. The van der Waals surface area contributed by atoms with E-state index in [4.69, 9.17) is 23.2 Å². The van der Waals surface area contributed by atoms with Gasteiger partial charge in [-0.3, -0.25) is 4.79 Å². The molecule has 0 aliphatic rings. The monoisotopic (exact) mass is 272 g/mol. The van der Waals surface area contributed by atoms with Gasteiger partial charge >= 0.3 is 0 Å². The number of carbonyl (C=O) groups excluding carboxylic acids is 1. The average Bonchev–Trinajstić information content (AvgIpc) is 2.32. The van der Waals surface area contributed by atoms with E-state index < -0.39 is 0 Å². The molecule has 1 nitrogen and oxygen atoms in total. The van der Waals surface area contributed by atoms with E-state index in [1.165, 1.54) is 19.3 Å². The molecule has 0 saturated heterocycles. The number of Topliss-reactive ketones (excluding diaryl/α,β-unsaturated/α-hetero) is 1. The van der Waals surface area contributed by atoms with Gasteiger partial charge in [-0.1, -0.05) is 55.8 Å². The zero-order valence-electron chi connectivity index (χ0n) is 10.1. The Hall–Kier alpha value is -0.530. The predicted molar refractivity (Wildman–Crippen MR) is 74.2 cm³/mol. The Labute approximate surface area is 113 Å². The minimum Gasteiger partial charge on any atom is -0.294 e. The zero-order chi connectivity index (χ0) is 12.7. The number of ketones is 1. The smallest absolute Gasteiger partial charge is 0.162 e. The third kappa shape index (κ3) is 5.10. The summed E-state index contributed by atoms with van der Waals surface area (Å²) in [5.74, 6) is 0.153. The van der Waals surface area contributed by atoms with E-state index in [0.29, 0.717) is 22.0 Å². The Morgan fingerprint density at radius 3 is 2.41 bits per heavy atom. The van der Waals surface area contributed by atoms with Crippen LogP contribution in [0.4, 0.5) is 0 Å². The first-order valence-electron chi connectivity index (χ1n) is 6.13. The van der Waals surface area contributed by atoms with E-state index >= 15 is 0 Å². The van der Waals surface area contributed by atoms with Gasteiger partial charge < -0.3 is 0 Å². The number of hydrogen-bond donors (Lipinski definition) is 0. The second-order valence-electron chi connectivity index (χ2n) is 4.22. The summed E-state index contributed by atoms with van der Waals surface area (Å²) in [6, 6.07) is 5.06. The first-order valence-corrected chi connectivity index (χ1v) is 6.89. The number of carbonyl (C=O) groups is 1. The lowest BCUT2D eigenvalue weighted by Gasteiger charge is -2.03. The van der Waals surface area contributed by atoms with Crippen molar-refractivity contribution < 1.29 is 4.79 Å². The van der Waals surface area contributed by atoms with Crippen LogP contribution >= 0.6 is 23.2 Å². The van der Waals surface area contributed by atoms with E-state index in [2.05, 4.69) is 6.92 Å². The molecule has 94 valence electrons. The number of rotatable bonds is 7. The van der Waals surface area contributed by atoms with E-state index in [-0.39, 0.29) is 5.78 Å². The summed E-state index contributed by atoms with van der Waals surface area (Å²) in [6.45, 7) is 2.18. The second kappa shape index (κ2) is 7.73. The molecular formula is C14H18Cl2O. The highest BCUT2D eigenvalue weighted by Gasteiger charge is 2.07. The number of unbranched alkanes of at least 4 members (excludes halogenated alkanes) is 4. The highest BCUT2D eigenvalue weighted by molar-refractivity contribution is 6.42. The van der Waals surface area contributed by atoms with Gasteiger partial charge in [0.2, 0.25) is 0 Å². The molecule has 0 aromatic heterocycles. The molecule has 1 aromatic carbocycles. The van der Waals surface area contributed by atoms with Crippen molar-refractivity contribution in [3.8, 4) is 0 Å². The average molecular weight is 273 g/mol. The molecule has 0 radical (unpaired) electrons. The van der Waals surface area contributed by atoms with Crippen LogP contribution in [-0.2, 0) is 0 Å². The van der Waals surface area contributed by atoms with Gasteiger partial charge in [0.05, 0.1) is 10.0 Å². The third-order valence-electron chi connectivity index (χ3n) is 2.75. The maximum atomic E-state index is 11.8. The van der Waals surface area contributed by atoms with Crippen LogP contribution in [0.1, 0.15) is 55.8 Å². The topological polar surface area (TPSA) is 17.1 Å². The summed E-state index contributed by atoms with van der Waals surface area (Å²) >= 11 is 11.7. The molecule has 3 heteroatoms. The minimum atomic E-state index is 0.153. The largest absolute Gasteiger partial charge is 0.294 e. The van der Waals surface area contributed by atoms with Crippen LogP contribution < -0.4 is 0 Å². The third-order valence-corrected chi connectivity index (χ3v) is 3.49. The van der Waals surface area contributed by atoms with E-state index in [1.54, 1.807) is 18.2 Å². The summed E-state index contributed by atoms with van der Waals surface area (Å²) in [6.07, 6.45) is 6.37. The fraction of sp³-hybridized carbons (Fsp3) is 0.500. The quantitative estimate of drug-likeness (QED) is 0.471. The van der Waals surface area contributed by atoms with E-state index in [0.717, 1.165) is 12.8 Å². The standard InChI is InChI=1S/C14H18Cl2O/c1-2-3-4-5-6-7-14(17)11-8-9-12(15)13(16)10-11/h8-10H,2-7H2,1H3. The molecule has 0 fully saturated rings. The van der Waals surface area contributed by atoms with Crippen LogP contribution in [0.3, 0.4) is 0 Å². The Balaban J connectivity index is 2.39. The maximum absolute atomic E-state index is 11.8. The Morgan fingerprint density at radius 1 is 1.06 bits per heavy atom. The van der Waals surface area contributed by atoms with Crippen molar-refractivity contribution in [2.45, 2.75) is 45.4 Å². The van der Waals surface area contributed by atoms with E-state index in [1.807, 2.05) is 0 Å². The van der Waals surface area contributed by atoms with Crippen molar-refractivity contribution in [2.24, 2.45) is 0 Å². The molecule has 0 aliphatic carbocycles. The van der Waals surface area contributed by atoms with Crippen LogP contribution in [0, 0.1) is 0 Å². The van der Waals surface area contributed by atoms with Crippen LogP contribution in [0.15, 0.2) is 18.2 Å². The Morgan fingerprint density at radius 2 is 1.76 bits per heavy atom. The van der Waals surface area contributed by atoms with Crippen molar-refractivity contribution in [3.05, 3.63) is 33.8 Å². The van der Waals surface area contributed by atoms with Crippen molar-refractivity contribution in [1.29, 1.82) is 0 Å². The summed E-state index contributed by atoms with van der Waals surface area (Å²) in [5.41, 5.74) is 0.662. The lowest BCUT2D eigenvalue weighted by Crippen LogP contribution is -1.98.